The zero-order valence-corrected chi connectivity index (χ0v) is 12.5. The molecule has 0 aromatic carbocycles. The number of nitrogens with zero attached hydrogens (tertiary/aromatic N) is 2. The number of halogens is 1. The Morgan fingerprint density at radius 3 is 1.94 bits per heavy atom. The smallest absolute Gasteiger partial charge is 0.205 e. The molecule has 2 nitrogen and oxygen atoms in total. The second-order valence-electron chi connectivity index (χ2n) is 4.43. The fourth-order valence-electron chi connectivity index (χ4n) is 1.92. The van der Waals surface area contributed by atoms with Crippen LogP contribution < -0.4 is 9.13 Å². The van der Waals surface area contributed by atoms with Gasteiger partial charge in [0.1, 0.15) is 6.54 Å². The number of hydrogen-bond acceptors (Lipinski definition) is 0. The minimum absolute atomic E-state index is 0.328. The molecular weight excluding hydrogens is 288 g/mol. The largest absolute Gasteiger partial charge is 0.209 e. The zero-order chi connectivity index (χ0) is 13.0. The number of rotatable bonds is 4. The van der Waals surface area contributed by atoms with Crippen molar-refractivity contribution < 1.29 is 9.13 Å². The fourth-order valence-corrected chi connectivity index (χ4v) is 2.20. The van der Waals surface area contributed by atoms with E-state index in [4.69, 9.17) is 0 Å². The lowest BCUT2D eigenvalue weighted by Crippen LogP contribution is -2.33. The van der Waals surface area contributed by atoms with E-state index in [1.807, 2.05) is 0 Å². The summed E-state index contributed by atoms with van der Waals surface area (Å²) in [6.07, 6.45) is 9.65. The molecule has 3 heteroatoms. The second kappa shape index (κ2) is 6.10. The average molecular weight is 307 g/mol. The van der Waals surface area contributed by atoms with Crippen molar-refractivity contribution in [2.24, 2.45) is 0 Å². The lowest BCUT2D eigenvalue weighted by molar-refractivity contribution is -0.696. The third-order valence-corrected chi connectivity index (χ3v) is 3.44. The van der Waals surface area contributed by atoms with Gasteiger partial charge in [0.2, 0.25) is 4.95 Å². The van der Waals surface area contributed by atoms with Gasteiger partial charge in [-0.15, -0.1) is 0 Å². The van der Waals surface area contributed by atoms with Crippen LogP contribution in [0.4, 0.5) is 0 Å². The molecule has 0 amide bonds. The molecule has 2 rings (SSSR count). The SMILES string of the molecule is CCC[n+]1ccc(-c2cc[n+](C(C)Br)cc2)cc1. The van der Waals surface area contributed by atoms with Crippen LogP contribution in [0.3, 0.4) is 0 Å². The predicted octanol–water partition coefficient (Wildman–Crippen LogP) is 3.25. The van der Waals surface area contributed by atoms with Gasteiger partial charge in [0, 0.05) is 37.6 Å². The molecule has 94 valence electrons. The topological polar surface area (TPSA) is 7.76 Å². The van der Waals surface area contributed by atoms with E-state index in [0.717, 1.165) is 6.54 Å². The number of hydrogen-bond donors (Lipinski definition) is 0. The molecule has 0 saturated heterocycles. The monoisotopic (exact) mass is 306 g/mol. The first kappa shape index (κ1) is 13.2. The highest BCUT2D eigenvalue weighted by atomic mass is 79.9. The Bertz CT molecular complexity index is 489. The molecule has 1 unspecified atom stereocenters. The third-order valence-electron chi connectivity index (χ3n) is 2.97. The zero-order valence-electron chi connectivity index (χ0n) is 10.9. The summed E-state index contributed by atoms with van der Waals surface area (Å²) in [5.41, 5.74) is 2.51. The predicted molar refractivity (Wildman–Crippen MR) is 76.2 cm³/mol. The number of aryl methyl sites for hydroxylation is 1. The van der Waals surface area contributed by atoms with Crippen LogP contribution in [-0.2, 0) is 6.54 Å². The maximum absolute atomic E-state index is 3.55. The highest BCUT2D eigenvalue weighted by molar-refractivity contribution is 9.09. The summed E-state index contributed by atoms with van der Waals surface area (Å²) in [6.45, 7) is 5.38. The molecule has 0 saturated carbocycles. The fraction of sp³-hybridized carbons (Fsp3) is 0.333. The van der Waals surface area contributed by atoms with Gasteiger partial charge in [0.25, 0.3) is 0 Å². The summed E-state index contributed by atoms with van der Waals surface area (Å²) in [5, 5.41) is 0. The lowest BCUT2D eigenvalue weighted by atomic mass is 10.1. The molecule has 2 aromatic rings. The van der Waals surface area contributed by atoms with Crippen molar-refractivity contribution in [3.8, 4) is 11.1 Å². The molecule has 0 bridgehead atoms. The van der Waals surface area contributed by atoms with Crippen LogP contribution in [0, 0.1) is 0 Å². The van der Waals surface area contributed by atoms with E-state index in [9.17, 15) is 0 Å². The van der Waals surface area contributed by atoms with Gasteiger partial charge in [0.15, 0.2) is 24.8 Å². The summed E-state index contributed by atoms with van der Waals surface area (Å²) in [6, 6.07) is 8.65. The molecule has 0 N–H and O–H groups in total. The van der Waals surface area contributed by atoms with Crippen molar-refractivity contribution >= 4 is 15.9 Å². The molecule has 1 atom stereocenters. The van der Waals surface area contributed by atoms with Crippen molar-refractivity contribution in [2.75, 3.05) is 0 Å². The van der Waals surface area contributed by atoms with Crippen molar-refractivity contribution in [3.05, 3.63) is 49.1 Å². The lowest BCUT2D eigenvalue weighted by Gasteiger charge is -2.02. The first-order valence-corrected chi connectivity index (χ1v) is 7.26. The first-order chi connectivity index (χ1) is 8.70. The molecule has 2 heterocycles. The Morgan fingerprint density at radius 2 is 1.50 bits per heavy atom. The third kappa shape index (κ3) is 3.16. The van der Waals surface area contributed by atoms with E-state index in [1.54, 1.807) is 0 Å². The van der Waals surface area contributed by atoms with Crippen molar-refractivity contribution in [3.63, 3.8) is 0 Å². The molecule has 0 spiro atoms. The van der Waals surface area contributed by atoms with Crippen LogP contribution in [0.1, 0.15) is 25.2 Å². The quantitative estimate of drug-likeness (QED) is 0.605. The van der Waals surface area contributed by atoms with Gasteiger partial charge < -0.3 is 0 Å². The van der Waals surface area contributed by atoms with Crippen molar-refractivity contribution in [2.45, 2.75) is 31.8 Å². The maximum atomic E-state index is 3.55. The molecule has 0 aliphatic rings. The minimum Gasteiger partial charge on any atom is -0.205 e. The van der Waals surface area contributed by atoms with Crippen LogP contribution in [0.15, 0.2) is 49.1 Å². The van der Waals surface area contributed by atoms with Crippen molar-refractivity contribution in [1.29, 1.82) is 0 Å². The summed E-state index contributed by atoms with van der Waals surface area (Å²) >= 11 is 3.55. The summed E-state index contributed by atoms with van der Waals surface area (Å²) in [4.78, 5) is 0.328. The highest BCUT2D eigenvalue weighted by Gasteiger charge is 2.08. The van der Waals surface area contributed by atoms with E-state index >= 15 is 0 Å². The molecule has 0 fully saturated rings. The first-order valence-electron chi connectivity index (χ1n) is 6.35. The van der Waals surface area contributed by atoms with E-state index in [-0.39, 0.29) is 0 Å². The molecule has 2 aromatic heterocycles. The van der Waals surface area contributed by atoms with Crippen LogP contribution in [0.25, 0.3) is 11.1 Å². The molecular formula is C15H19BrN2+2. The molecule has 0 radical (unpaired) electrons. The maximum Gasteiger partial charge on any atom is 0.209 e. The Hall–Kier alpha value is -1.22. The van der Waals surface area contributed by atoms with Gasteiger partial charge in [-0.3, -0.25) is 0 Å². The van der Waals surface area contributed by atoms with Gasteiger partial charge in [-0.1, -0.05) is 6.92 Å². The standard InChI is InChI=1S/C15H19BrN2/c1-3-8-17-9-4-14(5-10-17)15-6-11-18(12-7-15)13(2)16/h4-7,9-13H,3,8H2,1-2H3/q+2. The van der Waals surface area contributed by atoms with Gasteiger partial charge in [0.05, 0.1) is 0 Å². The van der Waals surface area contributed by atoms with Gasteiger partial charge in [-0.05, 0) is 27.1 Å². The Kier molecular flexibility index (Phi) is 4.48. The molecule has 18 heavy (non-hydrogen) atoms. The molecule has 0 aliphatic carbocycles. The van der Waals surface area contributed by atoms with E-state index in [2.05, 4.69) is 88.0 Å². The molecule has 0 aliphatic heterocycles. The normalized spacial score (nSPS) is 12.4. The Balaban J connectivity index is 2.20. The van der Waals surface area contributed by atoms with Gasteiger partial charge in [-0.25, -0.2) is 4.57 Å². The van der Waals surface area contributed by atoms with E-state index in [1.165, 1.54) is 17.5 Å². The van der Waals surface area contributed by atoms with Crippen LogP contribution in [-0.4, -0.2) is 0 Å². The van der Waals surface area contributed by atoms with Gasteiger partial charge >= 0.3 is 0 Å². The summed E-state index contributed by atoms with van der Waals surface area (Å²) in [5.74, 6) is 0. The van der Waals surface area contributed by atoms with Gasteiger partial charge in [-0.2, -0.15) is 4.57 Å². The highest BCUT2D eigenvalue weighted by Crippen LogP contribution is 2.16. The average Bonchev–Trinajstić information content (AvgIpc) is 2.40. The minimum atomic E-state index is 0.328. The summed E-state index contributed by atoms with van der Waals surface area (Å²) in [7, 11) is 0. The van der Waals surface area contributed by atoms with Crippen LogP contribution >= 0.6 is 15.9 Å². The van der Waals surface area contributed by atoms with Crippen LogP contribution in [0.5, 0.6) is 0 Å². The number of pyridine rings is 2. The summed E-state index contributed by atoms with van der Waals surface area (Å²) < 4.78 is 4.34. The van der Waals surface area contributed by atoms with E-state index < -0.39 is 0 Å². The number of alkyl halides is 1. The van der Waals surface area contributed by atoms with Crippen LogP contribution in [0.2, 0.25) is 0 Å². The Labute approximate surface area is 117 Å². The number of aromatic nitrogens is 2. The van der Waals surface area contributed by atoms with Crippen molar-refractivity contribution in [1.82, 2.24) is 0 Å². The van der Waals surface area contributed by atoms with E-state index in [0.29, 0.717) is 4.95 Å². The second-order valence-corrected chi connectivity index (χ2v) is 5.76. The Morgan fingerprint density at radius 1 is 1.00 bits per heavy atom.